The first-order valence-corrected chi connectivity index (χ1v) is 8.48. The lowest BCUT2D eigenvalue weighted by atomic mass is 9.84. The van der Waals surface area contributed by atoms with Crippen LogP contribution in [0.15, 0.2) is 30.3 Å². The van der Waals surface area contributed by atoms with Crippen LogP contribution >= 0.6 is 0 Å². The van der Waals surface area contributed by atoms with Gasteiger partial charge in [-0.3, -0.25) is 0 Å². The van der Waals surface area contributed by atoms with Crippen molar-refractivity contribution >= 4 is 11.6 Å². The van der Waals surface area contributed by atoms with Crippen LogP contribution in [-0.2, 0) is 6.42 Å². The molecule has 0 amide bonds. The maximum absolute atomic E-state index is 10.6. The topological polar surface area (TPSA) is 57.2 Å². The van der Waals surface area contributed by atoms with Gasteiger partial charge in [-0.05, 0) is 65.4 Å². The highest BCUT2D eigenvalue weighted by molar-refractivity contribution is 5.87. The fourth-order valence-electron chi connectivity index (χ4n) is 3.33. The molecule has 0 spiro atoms. The minimum Gasteiger partial charge on any atom is -0.497 e. The molecule has 2 aromatic carbocycles. The molecule has 0 radical (unpaired) electrons. The molecule has 0 saturated heterocycles. The van der Waals surface area contributed by atoms with E-state index in [1.54, 1.807) is 28.4 Å². The summed E-state index contributed by atoms with van der Waals surface area (Å²) in [7, 11) is 6.39. The van der Waals surface area contributed by atoms with Crippen molar-refractivity contribution in [3.8, 4) is 23.0 Å². The summed E-state index contributed by atoms with van der Waals surface area (Å²) in [5, 5.41) is 10.6. The Balaban J connectivity index is 2.13. The average Bonchev–Trinajstić information content (AvgIpc) is 2.68. The molecule has 0 heterocycles. The van der Waals surface area contributed by atoms with Crippen LogP contribution in [0.4, 0.5) is 0 Å². The SMILES string of the molecule is COc1ccc2c(c1)/C(=C\c1cc(OC)c(OC)c(OC)c1)C(O)CC2. The van der Waals surface area contributed by atoms with Crippen molar-refractivity contribution in [2.24, 2.45) is 0 Å². The summed E-state index contributed by atoms with van der Waals surface area (Å²) in [5.41, 5.74) is 3.94. The first kappa shape index (κ1) is 18.1. The molecule has 0 saturated carbocycles. The molecule has 1 aliphatic carbocycles. The molecule has 0 bridgehead atoms. The number of fused-ring (bicyclic) bond motifs is 1. The second-order valence-electron chi connectivity index (χ2n) is 6.14. The predicted octanol–water partition coefficient (Wildman–Crippen LogP) is 3.57. The van der Waals surface area contributed by atoms with Crippen LogP contribution in [0.25, 0.3) is 11.6 Å². The number of hydrogen-bond acceptors (Lipinski definition) is 5. The average molecular weight is 356 g/mol. The van der Waals surface area contributed by atoms with E-state index in [0.29, 0.717) is 23.7 Å². The van der Waals surface area contributed by atoms with Gasteiger partial charge in [0.2, 0.25) is 5.75 Å². The molecular formula is C21H24O5. The van der Waals surface area contributed by atoms with E-state index in [2.05, 4.69) is 6.07 Å². The molecule has 0 fully saturated rings. The van der Waals surface area contributed by atoms with Gasteiger partial charge in [0, 0.05) is 0 Å². The van der Waals surface area contributed by atoms with Crippen molar-refractivity contribution in [3.63, 3.8) is 0 Å². The van der Waals surface area contributed by atoms with E-state index >= 15 is 0 Å². The van der Waals surface area contributed by atoms with Crippen molar-refractivity contribution in [3.05, 3.63) is 47.0 Å². The van der Waals surface area contributed by atoms with Gasteiger partial charge in [-0.15, -0.1) is 0 Å². The predicted molar refractivity (Wildman–Crippen MR) is 101 cm³/mol. The van der Waals surface area contributed by atoms with Crippen LogP contribution in [-0.4, -0.2) is 39.6 Å². The van der Waals surface area contributed by atoms with Gasteiger partial charge < -0.3 is 24.1 Å². The molecule has 0 aliphatic heterocycles. The molecule has 138 valence electrons. The van der Waals surface area contributed by atoms with Crippen molar-refractivity contribution in [2.45, 2.75) is 18.9 Å². The van der Waals surface area contributed by atoms with Crippen LogP contribution in [0, 0.1) is 0 Å². The third-order valence-corrected chi connectivity index (χ3v) is 4.68. The summed E-state index contributed by atoms with van der Waals surface area (Å²) in [6.45, 7) is 0. The summed E-state index contributed by atoms with van der Waals surface area (Å²) in [5.74, 6) is 2.47. The molecule has 26 heavy (non-hydrogen) atoms. The quantitative estimate of drug-likeness (QED) is 0.888. The number of rotatable bonds is 5. The zero-order chi connectivity index (χ0) is 18.7. The Labute approximate surface area is 153 Å². The van der Waals surface area contributed by atoms with Gasteiger partial charge >= 0.3 is 0 Å². The molecule has 5 heteroatoms. The van der Waals surface area contributed by atoms with E-state index in [1.165, 1.54) is 5.56 Å². The van der Waals surface area contributed by atoms with Gasteiger partial charge in [0.1, 0.15) is 5.75 Å². The van der Waals surface area contributed by atoms with Crippen molar-refractivity contribution < 1.29 is 24.1 Å². The fourth-order valence-corrected chi connectivity index (χ4v) is 3.33. The maximum atomic E-state index is 10.6. The Kier molecular flexibility index (Phi) is 5.38. The van der Waals surface area contributed by atoms with Gasteiger partial charge in [0.25, 0.3) is 0 Å². The van der Waals surface area contributed by atoms with E-state index in [-0.39, 0.29) is 0 Å². The number of benzene rings is 2. The first-order valence-electron chi connectivity index (χ1n) is 8.48. The van der Waals surface area contributed by atoms with E-state index in [4.69, 9.17) is 18.9 Å². The number of ether oxygens (including phenoxy) is 4. The van der Waals surface area contributed by atoms with Crippen molar-refractivity contribution in [1.82, 2.24) is 0 Å². The maximum Gasteiger partial charge on any atom is 0.203 e. The lowest BCUT2D eigenvalue weighted by molar-refractivity contribution is 0.219. The highest BCUT2D eigenvalue weighted by Gasteiger charge is 2.23. The van der Waals surface area contributed by atoms with Crippen molar-refractivity contribution in [1.29, 1.82) is 0 Å². The molecule has 2 aromatic rings. The molecule has 1 atom stereocenters. The highest BCUT2D eigenvalue weighted by atomic mass is 16.5. The summed E-state index contributed by atoms with van der Waals surface area (Å²) in [4.78, 5) is 0. The minimum atomic E-state index is -0.534. The highest BCUT2D eigenvalue weighted by Crippen LogP contribution is 2.40. The third-order valence-electron chi connectivity index (χ3n) is 4.68. The number of methoxy groups -OCH3 is 4. The van der Waals surface area contributed by atoms with E-state index < -0.39 is 6.10 Å². The summed E-state index contributed by atoms with van der Waals surface area (Å²) in [6.07, 6.45) is 2.96. The lowest BCUT2D eigenvalue weighted by Crippen LogP contribution is -2.17. The number of aryl methyl sites for hydroxylation is 1. The zero-order valence-electron chi connectivity index (χ0n) is 15.5. The van der Waals surface area contributed by atoms with Gasteiger partial charge in [-0.1, -0.05) is 6.07 Å². The number of aliphatic hydroxyl groups excluding tert-OH is 1. The molecule has 0 aromatic heterocycles. The van der Waals surface area contributed by atoms with Crippen LogP contribution in [0.5, 0.6) is 23.0 Å². The number of hydrogen-bond donors (Lipinski definition) is 1. The summed E-state index contributed by atoms with van der Waals surface area (Å²) >= 11 is 0. The van der Waals surface area contributed by atoms with Gasteiger partial charge in [-0.25, -0.2) is 0 Å². The summed E-state index contributed by atoms with van der Waals surface area (Å²) < 4.78 is 21.6. The van der Waals surface area contributed by atoms with Crippen LogP contribution < -0.4 is 18.9 Å². The smallest absolute Gasteiger partial charge is 0.203 e. The van der Waals surface area contributed by atoms with E-state index in [9.17, 15) is 5.11 Å². The third kappa shape index (κ3) is 3.35. The van der Waals surface area contributed by atoms with E-state index in [1.807, 2.05) is 30.3 Å². The molecule has 3 rings (SSSR count). The summed E-state index contributed by atoms with van der Waals surface area (Å²) in [6, 6.07) is 9.73. The molecule has 1 aliphatic rings. The van der Waals surface area contributed by atoms with Crippen molar-refractivity contribution in [2.75, 3.05) is 28.4 Å². The Morgan fingerprint density at radius 3 is 2.19 bits per heavy atom. The standard InChI is InChI=1S/C21H24O5/c1-23-15-7-5-14-6-8-18(22)17(16(14)12-15)9-13-10-19(24-2)21(26-4)20(11-13)25-3/h5,7,9-12,18,22H,6,8H2,1-4H3/b17-9+. The van der Waals surface area contributed by atoms with Crippen LogP contribution in [0.2, 0.25) is 0 Å². The Morgan fingerprint density at radius 2 is 1.62 bits per heavy atom. The second-order valence-corrected chi connectivity index (χ2v) is 6.14. The Hall–Kier alpha value is -2.66. The lowest BCUT2D eigenvalue weighted by Gasteiger charge is -2.25. The molecular weight excluding hydrogens is 332 g/mol. The Morgan fingerprint density at radius 1 is 0.923 bits per heavy atom. The molecule has 1 N–H and O–H groups in total. The monoisotopic (exact) mass is 356 g/mol. The largest absolute Gasteiger partial charge is 0.497 e. The van der Waals surface area contributed by atoms with Gasteiger partial charge in [-0.2, -0.15) is 0 Å². The normalized spacial score (nSPS) is 17.6. The van der Waals surface area contributed by atoms with Crippen LogP contribution in [0.1, 0.15) is 23.1 Å². The van der Waals surface area contributed by atoms with Crippen LogP contribution in [0.3, 0.4) is 0 Å². The minimum absolute atomic E-state index is 0.534. The first-order chi connectivity index (χ1) is 12.6. The van der Waals surface area contributed by atoms with Gasteiger partial charge in [0.15, 0.2) is 11.5 Å². The fraction of sp³-hybridized carbons (Fsp3) is 0.333. The Bertz CT molecular complexity index is 800. The van der Waals surface area contributed by atoms with Gasteiger partial charge in [0.05, 0.1) is 34.5 Å². The zero-order valence-corrected chi connectivity index (χ0v) is 15.5. The number of aliphatic hydroxyl groups is 1. The second kappa shape index (κ2) is 7.70. The molecule has 5 nitrogen and oxygen atoms in total. The van der Waals surface area contributed by atoms with E-state index in [0.717, 1.165) is 28.9 Å². The molecule has 1 unspecified atom stereocenters.